The molecule has 0 saturated heterocycles. The van der Waals surface area contributed by atoms with Gasteiger partial charge in [0.1, 0.15) is 18.6 Å². The first-order chi connectivity index (χ1) is 30.1. The highest BCUT2D eigenvalue weighted by atomic mass is 32.2. The quantitative estimate of drug-likeness (QED) is 0.0530. The molecule has 6 aromatic rings. The largest absolute Gasteiger partial charge is 0.480 e. The third kappa shape index (κ3) is 11.0. The number of carboxylic acid groups (broad SMARTS) is 1. The first-order valence-corrected chi connectivity index (χ1v) is 22.1. The van der Waals surface area contributed by atoms with E-state index in [2.05, 4.69) is 21.3 Å². The zero-order chi connectivity index (χ0) is 43.8. The Morgan fingerprint density at radius 2 is 0.726 bits per heavy atom. The van der Waals surface area contributed by atoms with E-state index in [9.17, 15) is 29.1 Å². The van der Waals surface area contributed by atoms with E-state index in [1.54, 1.807) is 0 Å². The fourth-order valence-corrected chi connectivity index (χ4v) is 10.5. The zero-order valence-electron chi connectivity index (χ0n) is 34.1. The van der Waals surface area contributed by atoms with Crippen LogP contribution in [-0.4, -0.2) is 71.4 Å². The summed E-state index contributed by atoms with van der Waals surface area (Å²) in [7, 11) is 0. The summed E-state index contributed by atoms with van der Waals surface area (Å²) in [6.45, 7) is 0.157. The molecule has 0 aromatic heterocycles. The lowest BCUT2D eigenvalue weighted by Gasteiger charge is -2.36. The van der Waals surface area contributed by atoms with Crippen LogP contribution < -0.4 is 21.3 Å². The highest BCUT2D eigenvalue weighted by molar-refractivity contribution is 8.01. The molecule has 4 amide bonds. The van der Waals surface area contributed by atoms with Crippen LogP contribution in [0.25, 0.3) is 0 Å². The SMILES string of the molecule is CC(=O)N[C@@H](CSC(c1ccccc1)(c1ccccc1)c1ccccc1)C(=O)NCC(=O)N[C@@H](CSC(c1ccccc1)(c1ccccc1)c1ccccc1)C(=O)NCC(=O)O. The van der Waals surface area contributed by atoms with Crippen molar-refractivity contribution in [2.45, 2.75) is 28.5 Å². The summed E-state index contributed by atoms with van der Waals surface area (Å²) < 4.78 is -1.62. The third-order valence-corrected chi connectivity index (χ3v) is 13.5. The molecule has 0 aliphatic heterocycles. The van der Waals surface area contributed by atoms with E-state index in [1.165, 1.54) is 30.4 Å². The average molecular weight is 865 g/mol. The van der Waals surface area contributed by atoms with Crippen LogP contribution in [0.15, 0.2) is 182 Å². The van der Waals surface area contributed by atoms with Gasteiger partial charge >= 0.3 is 5.97 Å². The van der Waals surface area contributed by atoms with Gasteiger partial charge < -0.3 is 26.4 Å². The van der Waals surface area contributed by atoms with Gasteiger partial charge in [-0.05, 0) is 33.4 Å². The molecule has 0 radical (unpaired) electrons. The summed E-state index contributed by atoms with van der Waals surface area (Å²) in [5.41, 5.74) is 5.73. The number of carbonyl (C=O) groups is 5. The van der Waals surface area contributed by atoms with Gasteiger partial charge in [-0.1, -0.05) is 182 Å². The summed E-state index contributed by atoms with van der Waals surface area (Å²) in [4.78, 5) is 65.4. The van der Waals surface area contributed by atoms with Crippen molar-refractivity contribution in [1.82, 2.24) is 21.3 Å². The molecule has 0 heterocycles. The number of amides is 4. The van der Waals surface area contributed by atoms with Gasteiger partial charge in [-0.3, -0.25) is 24.0 Å². The molecule has 0 aliphatic carbocycles. The van der Waals surface area contributed by atoms with Crippen molar-refractivity contribution in [2.75, 3.05) is 24.6 Å². The van der Waals surface area contributed by atoms with Crippen LogP contribution in [0.1, 0.15) is 40.3 Å². The van der Waals surface area contributed by atoms with Crippen LogP contribution in [0.4, 0.5) is 0 Å². The number of hydrogen-bond acceptors (Lipinski definition) is 7. The normalized spacial score (nSPS) is 12.3. The fourth-order valence-electron chi connectivity index (χ4n) is 7.39. The fraction of sp³-hybridized carbons (Fsp3) is 0.180. The summed E-state index contributed by atoms with van der Waals surface area (Å²) in [6, 6.07) is 57.0. The van der Waals surface area contributed by atoms with Crippen molar-refractivity contribution >= 4 is 53.1 Å². The molecule has 0 unspecified atom stereocenters. The number of hydrogen-bond donors (Lipinski definition) is 5. The van der Waals surface area contributed by atoms with Crippen molar-refractivity contribution < 1.29 is 29.1 Å². The smallest absolute Gasteiger partial charge is 0.322 e. The van der Waals surface area contributed by atoms with Crippen molar-refractivity contribution in [2.24, 2.45) is 0 Å². The molecular formula is C50H48N4O6S2. The van der Waals surface area contributed by atoms with Gasteiger partial charge in [-0.2, -0.15) is 0 Å². The van der Waals surface area contributed by atoms with Gasteiger partial charge in [0, 0.05) is 18.4 Å². The van der Waals surface area contributed by atoms with Crippen LogP contribution in [0.2, 0.25) is 0 Å². The summed E-state index contributed by atoms with van der Waals surface area (Å²) >= 11 is 2.91. The Labute approximate surface area is 370 Å². The van der Waals surface area contributed by atoms with Crippen molar-refractivity contribution in [3.05, 3.63) is 215 Å². The number of carboxylic acids is 1. The Morgan fingerprint density at radius 3 is 1.00 bits per heavy atom. The number of thioether (sulfide) groups is 2. The summed E-state index contributed by atoms with van der Waals surface area (Å²) in [6.07, 6.45) is 0. The standard InChI is InChI=1S/C50H48N4O6S2/c1-36(55)53-43(34-61-49(37-20-8-2-9-21-37,38-22-10-3-11-23-38)39-24-12-4-13-25-39)47(59)51-32-45(56)54-44(48(60)52-33-46(57)58)35-62-50(40-26-14-5-15-27-40,41-28-16-6-17-29-41)42-30-18-7-19-31-42/h2-31,43-44H,32-35H2,1H3,(H,51,59)(H,52,60)(H,53,55)(H,54,56)(H,57,58)/t43-,44-/m0/s1. The lowest BCUT2D eigenvalue weighted by molar-refractivity contribution is -0.138. The zero-order valence-corrected chi connectivity index (χ0v) is 35.7. The summed E-state index contributed by atoms with van der Waals surface area (Å²) in [5.74, 6) is -3.49. The second kappa shape index (κ2) is 21.8. The topological polar surface area (TPSA) is 154 Å². The Kier molecular flexibility index (Phi) is 15.8. The lowest BCUT2D eigenvalue weighted by atomic mass is 9.84. The first-order valence-electron chi connectivity index (χ1n) is 20.1. The number of nitrogens with one attached hydrogen (secondary N) is 4. The maximum Gasteiger partial charge on any atom is 0.322 e. The van der Waals surface area contributed by atoms with Gasteiger partial charge in [-0.25, -0.2) is 0 Å². The van der Waals surface area contributed by atoms with Crippen LogP contribution in [0.3, 0.4) is 0 Å². The highest BCUT2D eigenvalue weighted by Gasteiger charge is 2.40. The molecule has 6 rings (SSSR count). The molecule has 0 spiro atoms. The number of carbonyl (C=O) groups excluding carboxylic acids is 4. The van der Waals surface area contributed by atoms with E-state index in [0.29, 0.717) is 0 Å². The van der Waals surface area contributed by atoms with E-state index < -0.39 is 64.3 Å². The van der Waals surface area contributed by atoms with Crippen LogP contribution >= 0.6 is 23.5 Å². The minimum absolute atomic E-state index is 0.0233. The van der Waals surface area contributed by atoms with Crippen LogP contribution in [0.5, 0.6) is 0 Å². The van der Waals surface area contributed by atoms with Gasteiger partial charge in [0.2, 0.25) is 23.6 Å². The van der Waals surface area contributed by atoms with E-state index in [-0.39, 0.29) is 11.5 Å². The van der Waals surface area contributed by atoms with Gasteiger partial charge in [0.25, 0.3) is 0 Å². The molecule has 6 aromatic carbocycles. The van der Waals surface area contributed by atoms with Crippen LogP contribution in [-0.2, 0) is 33.5 Å². The Balaban J connectivity index is 1.24. The maximum atomic E-state index is 14.0. The molecule has 2 atom stereocenters. The monoisotopic (exact) mass is 864 g/mol. The number of rotatable bonds is 20. The Hall–Kier alpha value is -6.63. The molecule has 62 heavy (non-hydrogen) atoms. The first kappa shape index (κ1) is 44.9. The predicted octanol–water partition coefficient (Wildman–Crippen LogP) is 6.74. The number of benzene rings is 6. The predicted molar refractivity (Wildman–Crippen MR) is 247 cm³/mol. The van der Waals surface area contributed by atoms with Crippen molar-refractivity contribution in [3.8, 4) is 0 Å². The molecule has 0 saturated carbocycles. The van der Waals surface area contributed by atoms with E-state index >= 15 is 0 Å². The van der Waals surface area contributed by atoms with E-state index in [1.807, 2.05) is 182 Å². The Bertz CT molecular complexity index is 2200. The molecule has 0 aliphatic rings. The van der Waals surface area contributed by atoms with Crippen LogP contribution in [0, 0.1) is 0 Å². The molecule has 5 N–H and O–H groups in total. The molecule has 0 bridgehead atoms. The molecular weight excluding hydrogens is 817 g/mol. The van der Waals surface area contributed by atoms with E-state index in [4.69, 9.17) is 0 Å². The molecule has 12 heteroatoms. The summed E-state index contributed by atoms with van der Waals surface area (Å²) in [5, 5.41) is 20.0. The lowest BCUT2D eigenvalue weighted by Crippen LogP contribution is -2.54. The van der Waals surface area contributed by atoms with E-state index in [0.717, 1.165) is 33.4 Å². The minimum atomic E-state index is -1.24. The van der Waals surface area contributed by atoms with Gasteiger partial charge in [0.15, 0.2) is 0 Å². The number of aliphatic carboxylic acids is 1. The third-order valence-electron chi connectivity index (χ3n) is 10.2. The van der Waals surface area contributed by atoms with Crippen molar-refractivity contribution in [1.29, 1.82) is 0 Å². The molecule has 0 fully saturated rings. The maximum absolute atomic E-state index is 14.0. The molecule has 10 nitrogen and oxygen atoms in total. The second-order valence-electron chi connectivity index (χ2n) is 14.4. The minimum Gasteiger partial charge on any atom is -0.480 e. The second-order valence-corrected chi connectivity index (χ2v) is 16.9. The Morgan fingerprint density at radius 1 is 0.452 bits per heavy atom. The molecule has 316 valence electrons. The van der Waals surface area contributed by atoms with Gasteiger partial charge in [0.05, 0.1) is 16.0 Å². The highest BCUT2D eigenvalue weighted by Crippen LogP contribution is 2.50. The average Bonchev–Trinajstić information content (AvgIpc) is 3.31. The van der Waals surface area contributed by atoms with Gasteiger partial charge in [-0.15, -0.1) is 23.5 Å². The van der Waals surface area contributed by atoms with Crippen molar-refractivity contribution in [3.63, 3.8) is 0 Å².